The quantitative estimate of drug-likeness (QED) is 0.867. The van der Waals surface area contributed by atoms with Crippen LogP contribution in [0, 0.1) is 13.8 Å². The second-order valence-corrected chi connectivity index (χ2v) is 6.61. The molecular formula is C19H25N3O2. The van der Waals surface area contributed by atoms with Gasteiger partial charge in [0, 0.05) is 38.4 Å². The number of carbonyl (C=O) groups is 1. The molecule has 24 heavy (non-hydrogen) atoms. The fraction of sp³-hybridized carbons (Fsp3) is 0.474. The first-order valence-corrected chi connectivity index (χ1v) is 8.49. The summed E-state index contributed by atoms with van der Waals surface area (Å²) in [5, 5.41) is 0. The van der Waals surface area contributed by atoms with Crippen LogP contribution in [0.1, 0.15) is 35.7 Å². The number of ether oxygens (including phenoxy) is 1. The maximum atomic E-state index is 12.5. The van der Waals surface area contributed by atoms with Gasteiger partial charge in [-0.05, 0) is 49.9 Å². The normalized spacial score (nSPS) is 17.8. The fourth-order valence-corrected chi connectivity index (χ4v) is 3.22. The zero-order valence-corrected chi connectivity index (χ0v) is 14.7. The summed E-state index contributed by atoms with van der Waals surface area (Å²) < 4.78 is 7.74. The summed E-state index contributed by atoms with van der Waals surface area (Å²) in [7, 11) is 2.01. The molecule has 1 aromatic heterocycles. The van der Waals surface area contributed by atoms with E-state index < -0.39 is 0 Å². The molecule has 1 aliphatic rings. The Labute approximate surface area is 143 Å². The molecule has 1 amide bonds. The maximum Gasteiger partial charge on any atom is 0.260 e. The van der Waals surface area contributed by atoms with E-state index >= 15 is 0 Å². The summed E-state index contributed by atoms with van der Waals surface area (Å²) in [5.41, 5.74) is 2.40. The van der Waals surface area contributed by atoms with Crippen molar-refractivity contribution in [2.24, 2.45) is 7.05 Å². The Morgan fingerprint density at radius 2 is 2.17 bits per heavy atom. The van der Waals surface area contributed by atoms with Gasteiger partial charge in [0.05, 0.1) is 0 Å². The van der Waals surface area contributed by atoms with Crippen LogP contribution < -0.4 is 4.74 Å². The number of likely N-dealkylation sites (tertiary alicyclic amines) is 1. The van der Waals surface area contributed by atoms with E-state index in [1.54, 1.807) is 0 Å². The Bertz CT molecular complexity index is 723. The molecule has 5 heteroatoms. The molecule has 0 aliphatic carbocycles. The highest BCUT2D eigenvalue weighted by Crippen LogP contribution is 2.25. The number of hydrogen-bond donors (Lipinski definition) is 0. The van der Waals surface area contributed by atoms with Gasteiger partial charge in [0.15, 0.2) is 6.61 Å². The van der Waals surface area contributed by atoms with Crippen LogP contribution >= 0.6 is 0 Å². The predicted octanol–water partition coefficient (Wildman–Crippen LogP) is 2.82. The first-order valence-electron chi connectivity index (χ1n) is 8.49. The lowest BCUT2D eigenvalue weighted by Crippen LogP contribution is -2.42. The molecule has 1 saturated heterocycles. The average molecular weight is 327 g/mol. The molecule has 0 saturated carbocycles. The van der Waals surface area contributed by atoms with Gasteiger partial charge in [0.2, 0.25) is 0 Å². The number of hydrogen-bond acceptors (Lipinski definition) is 3. The smallest absolute Gasteiger partial charge is 0.260 e. The Morgan fingerprint density at radius 3 is 2.88 bits per heavy atom. The van der Waals surface area contributed by atoms with Crippen LogP contribution in [0.5, 0.6) is 5.75 Å². The number of aryl methyl sites for hydroxylation is 3. The molecule has 0 bridgehead atoms. The van der Waals surface area contributed by atoms with Crippen LogP contribution in [0.4, 0.5) is 0 Å². The lowest BCUT2D eigenvalue weighted by molar-refractivity contribution is -0.134. The van der Waals surface area contributed by atoms with E-state index in [2.05, 4.69) is 11.9 Å². The zero-order chi connectivity index (χ0) is 17.1. The summed E-state index contributed by atoms with van der Waals surface area (Å²) in [6.45, 7) is 5.73. The number of amides is 1. The molecule has 128 valence electrons. The van der Waals surface area contributed by atoms with Crippen LogP contribution in [0.2, 0.25) is 0 Å². The van der Waals surface area contributed by atoms with Gasteiger partial charge in [0.25, 0.3) is 5.91 Å². The molecular weight excluding hydrogens is 302 g/mol. The summed E-state index contributed by atoms with van der Waals surface area (Å²) in [5.74, 6) is 2.17. The maximum absolute atomic E-state index is 12.5. The van der Waals surface area contributed by atoms with Crippen molar-refractivity contribution in [1.29, 1.82) is 0 Å². The van der Waals surface area contributed by atoms with Crippen molar-refractivity contribution in [3.8, 4) is 5.75 Å². The Balaban J connectivity index is 1.58. The highest BCUT2D eigenvalue weighted by Gasteiger charge is 2.27. The van der Waals surface area contributed by atoms with Gasteiger partial charge in [-0.2, -0.15) is 0 Å². The molecule has 3 rings (SSSR count). The Morgan fingerprint density at radius 1 is 1.33 bits per heavy atom. The van der Waals surface area contributed by atoms with Crippen molar-refractivity contribution in [3.05, 3.63) is 47.5 Å². The first kappa shape index (κ1) is 16.6. The predicted molar refractivity (Wildman–Crippen MR) is 93.2 cm³/mol. The fourth-order valence-electron chi connectivity index (χ4n) is 3.22. The second kappa shape index (κ2) is 7.07. The van der Waals surface area contributed by atoms with Crippen molar-refractivity contribution in [2.45, 2.75) is 32.6 Å². The summed E-state index contributed by atoms with van der Waals surface area (Å²) in [6, 6.07) is 5.92. The van der Waals surface area contributed by atoms with E-state index in [0.717, 1.165) is 37.5 Å². The summed E-state index contributed by atoms with van der Waals surface area (Å²) >= 11 is 0. The van der Waals surface area contributed by atoms with E-state index in [4.69, 9.17) is 4.74 Å². The number of aromatic nitrogens is 2. The van der Waals surface area contributed by atoms with Gasteiger partial charge >= 0.3 is 0 Å². The average Bonchev–Trinajstić information content (AvgIpc) is 3.02. The van der Waals surface area contributed by atoms with Crippen molar-refractivity contribution in [1.82, 2.24) is 14.5 Å². The molecule has 1 fully saturated rings. The minimum atomic E-state index is 0.0483. The van der Waals surface area contributed by atoms with E-state index in [1.807, 2.05) is 54.0 Å². The number of nitrogens with zero attached hydrogens (tertiary/aromatic N) is 3. The SMILES string of the molecule is Cc1ccc(OCC(=O)N2CCC[C@H](c3nccn3C)C2)cc1C. The Kier molecular flexibility index (Phi) is 4.88. The molecule has 1 atom stereocenters. The van der Waals surface area contributed by atoms with Gasteiger partial charge in [0.1, 0.15) is 11.6 Å². The molecule has 2 aromatic rings. The molecule has 0 radical (unpaired) electrons. The van der Waals surface area contributed by atoms with E-state index in [9.17, 15) is 4.79 Å². The van der Waals surface area contributed by atoms with E-state index in [-0.39, 0.29) is 12.5 Å². The van der Waals surface area contributed by atoms with Crippen LogP contribution in [0.3, 0.4) is 0 Å². The number of piperidine rings is 1. The zero-order valence-electron chi connectivity index (χ0n) is 14.7. The molecule has 5 nitrogen and oxygen atoms in total. The molecule has 0 unspecified atom stereocenters. The molecule has 1 aromatic carbocycles. The van der Waals surface area contributed by atoms with Gasteiger partial charge in [-0.1, -0.05) is 6.07 Å². The third-order valence-electron chi connectivity index (χ3n) is 4.84. The van der Waals surface area contributed by atoms with Gasteiger partial charge < -0.3 is 14.2 Å². The lowest BCUT2D eigenvalue weighted by Gasteiger charge is -2.32. The van der Waals surface area contributed by atoms with Crippen LogP contribution in [-0.2, 0) is 11.8 Å². The summed E-state index contributed by atoms with van der Waals surface area (Å²) in [4.78, 5) is 18.8. The number of imidazole rings is 1. The van der Waals surface area contributed by atoms with Gasteiger partial charge in [-0.25, -0.2) is 4.98 Å². The summed E-state index contributed by atoms with van der Waals surface area (Å²) in [6.07, 6.45) is 5.86. The minimum Gasteiger partial charge on any atom is -0.484 e. The lowest BCUT2D eigenvalue weighted by atomic mass is 9.97. The highest BCUT2D eigenvalue weighted by atomic mass is 16.5. The third-order valence-corrected chi connectivity index (χ3v) is 4.84. The highest BCUT2D eigenvalue weighted by molar-refractivity contribution is 5.78. The van der Waals surface area contributed by atoms with Crippen LogP contribution in [-0.4, -0.2) is 40.1 Å². The molecule has 2 heterocycles. The molecule has 0 N–H and O–H groups in total. The standard InChI is InChI=1S/C19H25N3O2/c1-14-6-7-17(11-15(14)2)24-13-18(23)22-9-4-5-16(12-22)19-20-8-10-21(19)3/h6-8,10-11,16H,4-5,9,12-13H2,1-3H3/t16-/m0/s1. The van der Waals surface area contributed by atoms with Crippen LogP contribution in [0.15, 0.2) is 30.6 Å². The Hall–Kier alpha value is -2.30. The molecule has 1 aliphatic heterocycles. The van der Waals surface area contributed by atoms with Gasteiger partial charge in [-0.15, -0.1) is 0 Å². The monoisotopic (exact) mass is 327 g/mol. The minimum absolute atomic E-state index is 0.0483. The number of carbonyl (C=O) groups excluding carboxylic acids is 1. The van der Waals surface area contributed by atoms with Crippen LogP contribution in [0.25, 0.3) is 0 Å². The van der Waals surface area contributed by atoms with Crippen molar-refractivity contribution < 1.29 is 9.53 Å². The van der Waals surface area contributed by atoms with E-state index in [0.29, 0.717) is 5.92 Å². The van der Waals surface area contributed by atoms with Gasteiger partial charge in [-0.3, -0.25) is 4.79 Å². The third kappa shape index (κ3) is 3.61. The first-order chi connectivity index (χ1) is 11.5. The van der Waals surface area contributed by atoms with Crippen molar-refractivity contribution in [2.75, 3.05) is 19.7 Å². The van der Waals surface area contributed by atoms with Crippen molar-refractivity contribution in [3.63, 3.8) is 0 Å². The largest absolute Gasteiger partial charge is 0.484 e. The second-order valence-electron chi connectivity index (χ2n) is 6.61. The number of rotatable bonds is 4. The molecule has 0 spiro atoms. The van der Waals surface area contributed by atoms with E-state index in [1.165, 1.54) is 11.1 Å². The number of benzene rings is 1. The van der Waals surface area contributed by atoms with Crippen molar-refractivity contribution >= 4 is 5.91 Å². The topological polar surface area (TPSA) is 47.4 Å².